The van der Waals surface area contributed by atoms with Crippen LogP contribution in [-0.2, 0) is 5.41 Å². The highest BCUT2D eigenvalue weighted by atomic mass is 16.5. The van der Waals surface area contributed by atoms with Crippen LogP contribution in [0.4, 0.5) is 0 Å². The molecule has 0 radical (unpaired) electrons. The molecule has 1 atom stereocenters. The maximum Gasteiger partial charge on any atom is 0.118 e. The Hall–Kier alpha value is -3.92. The van der Waals surface area contributed by atoms with Crippen molar-refractivity contribution >= 4 is 0 Å². The maximum atomic E-state index is 5.63. The van der Waals surface area contributed by atoms with E-state index in [9.17, 15) is 0 Å². The first-order chi connectivity index (χ1) is 23.6. The molecule has 4 rings (SSSR count). The van der Waals surface area contributed by atoms with Crippen LogP contribution in [0.2, 0.25) is 0 Å². The maximum absolute atomic E-state index is 5.63. The fourth-order valence-electron chi connectivity index (χ4n) is 7.32. The summed E-state index contributed by atoms with van der Waals surface area (Å²) in [6.45, 7) is 2.29. The van der Waals surface area contributed by atoms with Gasteiger partial charge in [-0.2, -0.15) is 0 Å². The van der Waals surface area contributed by atoms with Gasteiger partial charge < -0.3 is 18.9 Å². The summed E-state index contributed by atoms with van der Waals surface area (Å²) in [4.78, 5) is 0. The van der Waals surface area contributed by atoms with Gasteiger partial charge in [-0.3, -0.25) is 0 Å². The van der Waals surface area contributed by atoms with Crippen LogP contribution in [0.25, 0.3) is 0 Å². The third-order valence-corrected chi connectivity index (χ3v) is 10.0. The zero-order valence-electron chi connectivity index (χ0n) is 30.1. The molecule has 0 N–H and O–H groups in total. The van der Waals surface area contributed by atoms with E-state index in [0.29, 0.717) is 0 Å². The molecule has 0 bridgehead atoms. The van der Waals surface area contributed by atoms with Gasteiger partial charge >= 0.3 is 0 Å². The van der Waals surface area contributed by atoms with Crippen molar-refractivity contribution < 1.29 is 18.9 Å². The monoisotopic (exact) mass is 650 g/mol. The Morgan fingerprint density at radius 1 is 0.396 bits per heavy atom. The van der Waals surface area contributed by atoms with E-state index in [1.807, 2.05) is 0 Å². The van der Waals surface area contributed by atoms with Crippen LogP contribution < -0.4 is 18.9 Å². The van der Waals surface area contributed by atoms with Crippen LogP contribution in [0.3, 0.4) is 0 Å². The molecule has 0 saturated carbocycles. The molecular formula is C44H58O4. The minimum absolute atomic E-state index is 0.140. The quantitative estimate of drug-likeness (QED) is 0.0626. The zero-order valence-corrected chi connectivity index (χ0v) is 30.1. The average Bonchev–Trinajstić information content (AvgIpc) is 3.15. The van der Waals surface area contributed by atoms with E-state index < -0.39 is 5.41 Å². The van der Waals surface area contributed by atoms with Gasteiger partial charge in [0.15, 0.2) is 0 Å². The summed E-state index contributed by atoms with van der Waals surface area (Å²) in [5.41, 5.74) is 4.45. The first-order valence-electron chi connectivity index (χ1n) is 18.2. The lowest BCUT2D eigenvalue weighted by molar-refractivity contribution is 0.404. The predicted molar refractivity (Wildman–Crippen MR) is 200 cm³/mol. The Morgan fingerprint density at radius 2 is 0.688 bits per heavy atom. The molecule has 0 heterocycles. The number of benzene rings is 4. The molecule has 0 saturated heterocycles. The van der Waals surface area contributed by atoms with Gasteiger partial charge in [0.25, 0.3) is 0 Å². The lowest BCUT2D eigenvalue weighted by Crippen LogP contribution is -2.37. The van der Waals surface area contributed by atoms with Crippen molar-refractivity contribution in [1.82, 2.24) is 0 Å². The van der Waals surface area contributed by atoms with Crippen LogP contribution in [0.15, 0.2) is 97.1 Å². The smallest absolute Gasteiger partial charge is 0.118 e. The molecular weight excluding hydrogens is 592 g/mol. The highest BCUT2D eigenvalue weighted by molar-refractivity contribution is 5.57. The van der Waals surface area contributed by atoms with Crippen molar-refractivity contribution in [2.75, 3.05) is 28.4 Å². The van der Waals surface area contributed by atoms with E-state index in [-0.39, 0.29) is 5.92 Å². The van der Waals surface area contributed by atoms with Gasteiger partial charge in [0.1, 0.15) is 23.0 Å². The molecule has 0 aliphatic carbocycles. The Labute approximate surface area is 290 Å². The highest BCUT2D eigenvalue weighted by Crippen LogP contribution is 2.52. The fourth-order valence-corrected chi connectivity index (χ4v) is 7.32. The summed E-state index contributed by atoms with van der Waals surface area (Å²) in [5, 5.41) is 0. The van der Waals surface area contributed by atoms with Crippen LogP contribution in [0.5, 0.6) is 23.0 Å². The van der Waals surface area contributed by atoms with Crippen molar-refractivity contribution in [3.05, 3.63) is 119 Å². The SMILES string of the molecule is CCCCCCCCCCCCCCC(c1ccc(OC)cc1)C(c1ccc(OC)cc1)(c1ccc(OC)cc1)c1ccc(OC)cc1. The van der Waals surface area contributed by atoms with Crippen LogP contribution >= 0.6 is 0 Å². The van der Waals surface area contributed by atoms with Gasteiger partial charge in [-0.1, -0.05) is 133 Å². The Kier molecular flexibility index (Phi) is 15.2. The van der Waals surface area contributed by atoms with E-state index in [4.69, 9.17) is 18.9 Å². The van der Waals surface area contributed by atoms with Gasteiger partial charge in [0, 0.05) is 5.92 Å². The topological polar surface area (TPSA) is 36.9 Å². The van der Waals surface area contributed by atoms with Gasteiger partial charge in [-0.25, -0.2) is 0 Å². The third-order valence-electron chi connectivity index (χ3n) is 10.0. The minimum atomic E-state index is -0.503. The number of methoxy groups -OCH3 is 4. The second-order valence-electron chi connectivity index (χ2n) is 13.0. The molecule has 4 nitrogen and oxygen atoms in total. The van der Waals surface area contributed by atoms with Crippen molar-refractivity contribution in [2.24, 2.45) is 0 Å². The number of rotatable bonds is 22. The molecule has 258 valence electrons. The molecule has 0 aromatic heterocycles. The van der Waals surface area contributed by atoms with Crippen LogP contribution in [0, 0.1) is 0 Å². The predicted octanol–water partition coefficient (Wildman–Crippen LogP) is 11.9. The molecule has 4 aromatic carbocycles. The first kappa shape index (κ1) is 36.9. The largest absolute Gasteiger partial charge is 0.497 e. The van der Waals surface area contributed by atoms with Crippen molar-refractivity contribution in [2.45, 2.75) is 102 Å². The first-order valence-corrected chi connectivity index (χ1v) is 18.2. The van der Waals surface area contributed by atoms with Crippen LogP contribution in [-0.4, -0.2) is 28.4 Å². The normalized spacial score (nSPS) is 12.0. The molecule has 0 aliphatic heterocycles. The average molecular weight is 651 g/mol. The summed E-state index contributed by atoms with van der Waals surface area (Å²) < 4.78 is 22.5. The zero-order chi connectivity index (χ0) is 34.0. The Balaban J connectivity index is 1.71. The fraction of sp³-hybridized carbons (Fsp3) is 0.455. The second kappa shape index (κ2) is 19.8. The summed E-state index contributed by atoms with van der Waals surface area (Å²) in [6, 6.07) is 34.7. The summed E-state index contributed by atoms with van der Waals surface area (Å²) in [5.74, 6) is 3.55. The van der Waals surface area contributed by atoms with E-state index in [1.54, 1.807) is 28.4 Å². The van der Waals surface area contributed by atoms with Gasteiger partial charge in [-0.05, 0) is 77.2 Å². The summed E-state index contributed by atoms with van der Waals surface area (Å²) in [6.07, 6.45) is 17.0. The molecule has 0 spiro atoms. The number of hydrogen-bond acceptors (Lipinski definition) is 4. The number of unbranched alkanes of at least 4 members (excludes halogenated alkanes) is 11. The third kappa shape index (κ3) is 9.58. The molecule has 4 aromatic rings. The van der Waals surface area contributed by atoms with E-state index >= 15 is 0 Å². The lowest BCUT2D eigenvalue weighted by Gasteiger charge is -2.43. The lowest BCUT2D eigenvalue weighted by atomic mass is 9.58. The molecule has 0 amide bonds. The van der Waals surface area contributed by atoms with Crippen molar-refractivity contribution in [3.8, 4) is 23.0 Å². The number of hydrogen-bond donors (Lipinski definition) is 0. The van der Waals surface area contributed by atoms with Crippen molar-refractivity contribution in [3.63, 3.8) is 0 Å². The second-order valence-corrected chi connectivity index (χ2v) is 13.0. The molecule has 0 aliphatic rings. The van der Waals surface area contributed by atoms with E-state index in [1.165, 1.54) is 92.9 Å². The van der Waals surface area contributed by atoms with Gasteiger partial charge in [0.2, 0.25) is 0 Å². The molecule has 1 unspecified atom stereocenters. The van der Waals surface area contributed by atoms with Gasteiger partial charge in [0.05, 0.1) is 33.9 Å². The highest BCUT2D eigenvalue weighted by Gasteiger charge is 2.44. The minimum Gasteiger partial charge on any atom is -0.497 e. The van der Waals surface area contributed by atoms with Gasteiger partial charge in [-0.15, -0.1) is 0 Å². The molecule has 0 fully saturated rings. The summed E-state index contributed by atoms with van der Waals surface area (Å²) in [7, 11) is 6.91. The standard InChI is InChI=1S/C44H58O4/c1-6-7-8-9-10-11-12-13-14-15-16-17-18-43(35-19-27-39(45-2)28-20-35)44(36-21-29-40(46-3)30-22-36,37-23-31-41(47-4)32-24-37)38-25-33-42(48-5)34-26-38/h19-34,43H,6-18H2,1-5H3. The molecule has 48 heavy (non-hydrogen) atoms. The Bertz CT molecular complexity index is 1310. The van der Waals surface area contributed by atoms with Crippen LogP contribution in [0.1, 0.15) is 119 Å². The Morgan fingerprint density at radius 3 is 1.00 bits per heavy atom. The van der Waals surface area contributed by atoms with E-state index in [2.05, 4.69) is 104 Å². The van der Waals surface area contributed by atoms with Crippen molar-refractivity contribution in [1.29, 1.82) is 0 Å². The summed E-state index contributed by atoms with van der Waals surface area (Å²) >= 11 is 0. The van der Waals surface area contributed by atoms with E-state index in [0.717, 1.165) is 35.8 Å². The molecule has 4 heteroatoms. The number of ether oxygens (including phenoxy) is 4.